The molecule has 0 saturated heterocycles. The van der Waals surface area contributed by atoms with Gasteiger partial charge in [-0.05, 0) is 11.7 Å². The van der Waals surface area contributed by atoms with E-state index in [1.165, 1.54) is 0 Å². The first-order chi connectivity index (χ1) is 4.00. The van der Waals surface area contributed by atoms with Crippen molar-refractivity contribution in [2.75, 3.05) is 0 Å². The molecule has 0 aromatic heterocycles. The van der Waals surface area contributed by atoms with Crippen LogP contribution in [0.25, 0.3) is 0 Å². The molecule has 1 N–H and O–H groups in total. The molecule has 0 radical (unpaired) electrons. The van der Waals surface area contributed by atoms with Crippen molar-refractivity contribution in [3.63, 3.8) is 0 Å². The van der Waals surface area contributed by atoms with E-state index in [9.17, 15) is 17.3 Å². The van der Waals surface area contributed by atoms with Crippen LogP contribution in [0.4, 0.5) is 17.3 Å². The van der Waals surface area contributed by atoms with Crippen LogP contribution in [0.1, 0.15) is 0 Å². The van der Waals surface area contributed by atoms with Crippen LogP contribution < -0.4 is 0 Å². The predicted octanol–water partition coefficient (Wildman–Crippen LogP) is 0.371. The van der Waals surface area contributed by atoms with Crippen LogP contribution in [0, 0.1) is 0 Å². The molecule has 0 amide bonds. The minimum absolute atomic E-state index is 0. The second-order valence-electron chi connectivity index (χ2n) is 0.943. The molecule has 0 unspecified atom stereocenters. The molecular formula is H3BF4LiO3S2-. The summed E-state index contributed by atoms with van der Waals surface area (Å²) >= 11 is 2.65. The van der Waals surface area contributed by atoms with Gasteiger partial charge in [0.15, 0.2) is 0 Å². The first-order valence-electron chi connectivity index (χ1n) is 1.57. The maximum absolute atomic E-state index is 9.75. The van der Waals surface area contributed by atoms with E-state index in [-0.39, 0.29) is 18.9 Å². The summed E-state index contributed by atoms with van der Waals surface area (Å²) in [6.45, 7) is 0. The molecule has 0 bridgehead atoms. The summed E-state index contributed by atoms with van der Waals surface area (Å²) in [4.78, 5) is 0. The second-order valence-corrected chi connectivity index (χ2v) is 3.22. The van der Waals surface area contributed by atoms with Crippen molar-refractivity contribution >= 4 is 46.9 Å². The van der Waals surface area contributed by atoms with Gasteiger partial charge in [-0.25, -0.2) is 0 Å². The molecule has 0 spiro atoms. The van der Waals surface area contributed by atoms with E-state index in [1.54, 1.807) is 0 Å². The van der Waals surface area contributed by atoms with Crippen molar-refractivity contribution in [1.29, 1.82) is 0 Å². The molecule has 0 aromatic carbocycles. The van der Waals surface area contributed by atoms with Crippen molar-refractivity contribution in [2.24, 2.45) is 0 Å². The van der Waals surface area contributed by atoms with Gasteiger partial charge in [0.25, 0.3) is 0 Å². The monoisotopic (exact) mass is 209 g/mol. The second kappa shape index (κ2) is 6.19. The Morgan fingerprint density at radius 1 is 1.18 bits per heavy atom. The number of halogens is 4. The van der Waals surface area contributed by atoms with Gasteiger partial charge >= 0.3 is 35.3 Å². The van der Waals surface area contributed by atoms with Crippen LogP contribution >= 0.6 is 11.7 Å². The minimum atomic E-state index is -6.00. The fourth-order valence-electron chi connectivity index (χ4n) is 0. The molecule has 0 aliphatic carbocycles. The Bertz CT molecular complexity index is 158. The average Bonchev–Trinajstić information content (AvgIpc) is 1.12. The summed E-state index contributed by atoms with van der Waals surface area (Å²) < 4.78 is 64.5. The normalized spacial score (nSPS) is 10.7. The van der Waals surface area contributed by atoms with Gasteiger partial charge < -0.3 is 17.3 Å². The molecule has 0 rings (SSSR count). The summed E-state index contributed by atoms with van der Waals surface area (Å²) in [5.74, 6) is 0. The van der Waals surface area contributed by atoms with Crippen LogP contribution in [0.3, 0.4) is 0 Å². The fourth-order valence-corrected chi connectivity index (χ4v) is 0. The van der Waals surface area contributed by atoms with Crippen LogP contribution in [0.5, 0.6) is 0 Å². The van der Waals surface area contributed by atoms with E-state index in [0.717, 1.165) is 0 Å². The molecule has 0 aliphatic heterocycles. The van der Waals surface area contributed by atoms with Crippen LogP contribution in [-0.4, -0.2) is 39.1 Å². The topological polar surface area (TPSA) is 54.4 Å². The molecule has 0 heterocycles. The molecule has 0 saturated carbocycles. The zero-order valence-corrected chi connectivity index (χ0v) is 5.92. The molecule has 66 valence electrons. The Morgan fingerprint density at radius 2 is 1.18 bits per heavy atom. The third-order valence-electron chi connectivity index (χ3n) is 0. The molecule has 0 fully saturated rings. The predicted molar refractivity (Wildman–Crippen MR) is 37.9 cm³/mol. The van der Waals surface area contributed by atoms with Gasteiger partial charge in [0.2, 0.25) is 0 Å². The molecule has 11 heteroatoms. The Morgan fingerprint density at radius 3 is 1.18 bits per heavy atom. The molecule has 0 aromatic rings. The summed E-state index contributed by atoms with van der Waals surface area (Å²) in [7, 11) is -9.97. The zero-order valence-electron chi connectivity index (χ0n) is 4.21. The van der Waals surface area contributed by atoms with Gasteiger partial charge in [-0.15, -0.1) is 0 Å². The average molecular weight is 209 g/mol. The van der Waals surface area contributed by atoms with Crippen molar-refractivity contribution in [3.8, 4) is 0 Å². The standard InChI is InChI=1S/BF4.Li.H2O3S2.H/c2-1(3,4)5;;1-5(2,3)4;/h;;(H2,1,2,3,4);/q-1;;;. The first-order valence-corrected chi connectivity index (χ1v) is 4.06. The van der Waals surface area contributed by atoms with E-state index in [0.29, 0.717) is 0 Å². The number of thiol groups is 1. The summed E-state index contributed by atoms with van der Waals surface area (Å²) in [6.07, 6.45) is 0. The van der Waals surface area contributed by atoms with Gasteiger partial charge in [0, 0.05) is 0 Å². The van der Waals surface area contributed by atoms with Crippen LogP contribution in [-0.2, 0) is 9.15 Å². The molecule has 0 aliphatic rings. The number of hydrogen-bond acceptors (Lipinski definition) is 2. The summed E-state index contributed by atoms with van der Waals surface area (Å²) in [5, 5.41) is 0. The van der Waals surface area contributed by atoms with Gasteiger partial charge in [-0.3, -0.25) is 4.55 Å². The van der Waals surface area contributed by atoms with Gasteiger partial charge in [0.05, 0.1) is 0 Å². The number of hydrogen-bond donors (Lipinski definition) is 2. The molecule has 0 atom stereocenters. The molecule has 3 nitrogen and oxygen atoms in total. The Balaban J connectivity index is -0.000000107. The van der Waals surface area contributed by atoms with Crippen molar-refractivity contribution in [3.05, 3.63) is 0 Å². The maximum atomic E-state index is 9.75. The van der Waals surface area contributed by atoms with Gasteiger partial charge in [-0.1, -0.05) is 0 Å². The van der Waals surface area contributed by atoms with E-state index in [2.05, 4.69) is 11.7 Å². The fraction of sp³-hybridized carbons (Fsp3) is 0. The van der Waals surface area contributed by atoms with E-state index >= 15 is 0 Å². The van der Waals surface area contributed by atoms with Crippen molar-refractivity contribution < 1.29 is 30.2 Å². The van der Waals surface area contributed by atoms with Crippen LogP contribution in [0.2, 0.25) is 0 Å². The quantitative estimate of drug-likeness (QED) is 0.199. The van der Waals surface area contributed by atoms with E-state index in [4.69, 9.17) is 13.0 Å². The van der Waals surface area contributed by atoms with E-state index in [1.807, 2.05) is 0 Å². The van der Waals surface area contributed by atoms with E-state index < -0.39 is 16.4 Å². The van der Waals surface area contributed by atoms with Crippen LogP contribution in [0.15, 0.2) is 0 Å². The SMILES string of the molecule is F[B-](F)(F)F.O=S(=O)(O)S.[LiH]. The number of rotatable bonds is 0. The van der Waals surface area contributed by atoms with Gasteiger partial charge in [-0.2, -0.15) is 8.42 Å². The molecule has 11 heavy (non-hydrogen) atoms. The molecular weight excluding hydrogens is 206 g/mol. The Kier molecular flexibility index (Phi) is 9.94. The Hall–Kier alpha value is 0.642. The van der Waals surface area contributed by atoms with Crippen molar-refractivity contribution in [2.45, 2.75) is 0 Å². The third kappa shape index (κ3) is 1930. The van der Waals surface area contributed by atoms with Crippen molar-refractivity contribution in [1.82, 2.24) is 0 Å². The summed E-state index contributed by atoms with van der Waals surface area (Å²) in [6, 6.07) is 0. The zero-order chi connectivity index (χ0) is 9.00. The third-order valence-corrected chi connectivity index (χ3v) is 0. The van der Waals surface area contributed by atoms with Gasteiger partial charge in [0.1, 0.15) is 0 Å². The first kappa shape index (κ1) is 17.7. The summed E-state index contributed by atoms with van der Waals surface area (Å²) in [5.41, 5.74) is 0. The Labute approximate surface area is 77.4 Å².